The molecule has 8 nitrogen and oxygen atoms in total. The van der Waals surface area contributed by atoms with Crippen LogP contribution >= 0.6 is 0 Å². The van der Waals surface area contributed by atoms with E-state index in [1.165, 1.54) is 0 Å². The van der Waals surface area contributed by atoms with Crippen molar-refractivity contribution in [2.24, 2.45) is 5.73 Å². The lowest BCUT2D eigenvalue weighted by molar-refractivity contribution is 0.0964. The van der Waals surface area contributed by atoms with Crippen LogP contribution in [-0.4, -0.2) is 21.9 Å². The van der Waals surface area contributed by atoms with Gasteiger partial charge in [0, 0.05) is 6.20 Å². The third kappa shape index (κ3) is 2.06. The number of H-pyrrole nitrogens is 2. The first-order chi connectivity index (χ1) is 6.50. The molecule has 0 fully saturated rings. The number of nitrogens with one attached hydrogen (secondary N) is 3. The summed E-state index contributed by atoms with van der Waals surface area (Å²) in [6.45, 7) is 0. The molecule has 1 rings (SSSR count). The third-order valence-electron chi connectivity index (χ3n) is 1.30. The normalized spacial score (nSPS) is 9.43. The Bertz CT molecular complexity index is 485. The van der Waals surface area contributed by atoms with Crippen LogP contribution in [0, 0.1) is 0 Å². The SMILES string of the molecule is NC(=O)NC(=O)c1c[nH]c(=O)[nH]c1=O. The Morgan fingerprint density at radius 2 is 2.00 bits per heavy atom. The molecule has 0 radical (unpaired) electrons. The number of carbonyl (C=O) groups is 2. The van der Waals surface area contributed by atoms with Crippen molar-refractivity contribution in [3.05, 3.63) is 32.6 Å². The van der Waals surface area contributed by atoms with Crippen LogP contribution < -0.4 is 22.3 Å². The highest BCUT2D eigenvalue weighted by Crippen LogP contribution is 1.83. The topological polar surface area (TPSA) is 138 Å². The number of amides is 3. The van der Waals surface area contributed by atoms with Crippen LogP contribution in [0.5, 0.6) is 0 Å². The minimum atomic E-state index is -1.08. The van der Waals surface area contributed by atoms with E-state index in [4.69, 9.17) is 0 Å². The summed E-state index contributed by atoms with van der Waals surface area (Å²) in [5.74, 6) is -0.977. The molecule has 0 saturated carbocycles. The highest BCUT2D eigenvalue weighted by molar-refractivity contribution is 6.03. The standard InChI is InChI=1S/C6H6N4O4/c7-5(13)9-3(11)2-1-8-6(14)10-4(2)12/h1H,(H3,7,9,11,13)(H2,8,10,12,14). The van der Waals surface area contributed by atoms with Crippen molar-refractivity contribution in [2.75, 3.05) is 0 Å². The summed E-state index contributed by atoms with van der Waals surface area (Å²) in [7, 11) is 0. The average molecular weight is 198 g/mol. The molecule has 0 bridgehead atoms. The summed E-state index contributed by atoms with van der Waals surface area (Å²) in [6, 6.07) is -1.08. The van der Waals surface area contributed by atoms with Crippen molar-refractivity contribution in [3.63, 3.8) is 0 Å². The molecule has 1 heterocycles. The number of nitrogens with two attached hydrogens (primary N) is 1. The zero-order valence-corrected chi connectivity index (χ0v) is 6.79. The van der Waals surface area contributed by atoms with Gasteiger partial charge in [-0.05, 0) is 0 Å². The highest BCUT2D eigenvalue weighted by atomic mass is 16.2. The lowest BCUT2D eigenvalue weighted by Gasteiger charge is -1.97. The predicted octanol–water partition coefficient (Wildman–Crippen LogP) is -2.13. The van der Waals surface area contributed by atoms with Crippen LogP contribution in [0.1, 0.15) is 10.4 Å². The summed E-state index contributed by atoms with van der Waals surface area (Å²) < 4.78 is 0. The van der Waals surface area contributed by atoms with Crippen molar-refractivity contribution >= 4 is 11.9 Å². The van der Waals surface area contributed by atoms with Crippen LogP contribution in [0.4, 0.5) is 4.79 Å². The zero-order valence-electron chi connectivity index (χ0n) is 6.79. The van der Waals surface area contributed by atoms with Gasteiger partial charge in [0.05, 0.1) is 0 Å². The average Bonchev–Trinajstić information content (AvgIpc) is 2.01. The number of hydrogen-bond donors (Lipinski definition) is 4. The Morgan fingerprint density at radius 1 is 1.36 bits per heavy atom. The lowest BCUT2D eigenvalue weighted by atomic mass is 10.3. The summed E-state index contributed by atoms with van der Waals surface area (Å²) >= 11 is 0. The number of rotatable bonds is 1. The van der Waals surface area contributed by atoms with Gasteiger partial charge < -0.3 is 10.7 Å². The zero-order chi connectivity index (χ0) is 10.7. The fourth-order valence-electron chi connectivity index (χ4n) is 0.758. The Hall–Kier alpha value is -2.38. The molecular weight excluding hydrogens is 192 g/mol. The summed E-state index contributed by atoms with van der Waals surface area (Å²) in [5.41, 5.74) is 2.62. The molecule has 1 aromatic heterocycles. The van der Waals surface area contributed by atoms with Crippen LogP contribution in [0.3, 0.4) is 0 Å². The van der Waals surface area contributed by atoms with Crippen molar-refractivity contribution in [1.82, 2.24) is 15.3 Å². The van der Waals surface area contributed by atoms with Gasteiger partial charge >= 0.3 is 11.7 Å². The Kier molecular flexibility index (Phi) is 2.47. The molecule has 0 aromatic carbocycles. The van der Waals surface area contributed by atoms with Gasteiger partial charge in [-0.2, -0.15) is 0 Å². The molecule has 0 saturated heterocycles. The van der Waals surface area contributed by atoms with E-state index < -0.39 is 28.8 Å². The van der Waals surface area contributed by atoms with Gasteiger partial charge in [0.2, 0.25) is 0 Å². The predicted molar refractivity (Wildman–Crippen MR) is 44.7 cm³/mol. The van der Waals surface area contributed by atoms with Crippen LogP contribution in [-0.2, 0) is 0 Å². The number of carbonyl (C=O) groups excluding carboxylic acids is 2. The van der Waals surface area contributed by atoms with Crippen molar-refractivity contribution in [3.8, 4) is 0 Å². The number of imide groups is 1. The molecular formula is C6H6N4O4. The maximum Gasteiger partial charge on any atom is 0.325 e. The van der Waals surface area contributed by atoms with Gasteiger partial charge in [0.25, 0.3) is 11.5 Å². The molecule has 74 valence electrons. The number of aromatic amines is 2. The van der Waals surface area contributed by atoms with Crippen molar-refractivity contribution in [1.29, 1.82) is 0 Å². The first-order valence-electron chi connectivity index (χ1n) is 3.43. The van der Waals surface area contributed by atoms with Gasteiger partial charge in [-0.1, -0.05) is 0 Å². The molecule has 0 aliphatic heterocycles. The quantitative estimate of drug-likeness (QED) is 0.409. The van der Waals surface area contributed by atoms with E-state index in [1.807, 2.05) is 4.98 Å². The number of primary amides is 1. The van der Waals surface area contributed by atoms with E-state index in [0.717, 1.165) is 6.20 Å². The molecule has 0 atom stereocenters. The Morgan fingerprint density at radius 3 is 2.50 bits per heavy atom. The minimum Gasteiger partial charge on any atom is -0.351 e. The Labute approximate surface area is 76.1 Å². The van der Waals surface area contributed by atoms with Gasteiger partial charge in [0.1, 0.15) is 5.56 Å². The summed E-state index contributed by atoms with van der Waals surface area (Å²) in [5, 5.41) is 1.68. The Balaban J connectivity index is 3.08. The van der Waals surface area contributed by atoms with Gasteiger partial charge in [0.15, 0.2) is 0 Å². The van der Waals surface area contributed by atoms with Crippen LogP contribution in [0.2, 0.25) is 0 Å². The molecule has 8 heteroatoms. The van der Waals surface area contributed by atoms with Gasteiger partial charge in [-0.15, -0.1) is 0 Å². The second-order valence-corrected chi connectivity index (χ2v) is 2.30. The van der Waals surface area contributed by atoms with E-state index in [-0.39, 0.29) is 0 Å². The first kappa shape index (κ1) is 9.71. The maximum atomic E-state index is 11.0. The number of aromatic nitrogens is 2. The monoisotopic (exact) mass is 198 g/mol. The smallest absolute Gasteiger partial charge is 0.325 e. The second kappa shape index (κ2) is 3.56. The largest absolute Gasteiger partial charge is 0.351 e. The summed E-state index contributed by atoms with van der Waals surface area (Å²) in [6.07, 6.45) is 0.888. The van der Waals surface area contributed by atoms with Crippen molar-refractivity contribution < 1.29 is 9.59 Å². The van der Waals surface area contributed by atoms with E-state index in [2.05, 4.69) is 10.7 Å². The fourth-order valence-corrected chi connectivity index (χ4v) is 0.758. The minimum absolute atomic E-state index is 0.400. The molecule has 14 heavy (non-hydrogen) atoms. The molecule has 0 spiro atoms. The fraction of sp³-hybridized carbons (Fsp3) is 0. The second-order valence-electron chi connectivity index (χ2n) is 2.30. The van der Waals surface area contributed by atoms with E-state index >= 15 is 0 Å². The van der Waals surface area contributed by atoms with E-state index in [0.29, 0.717) is 0 Å². The molecule has 5 N–H and O–H groups in total. The van der Waals surface area contributed by atoms with Crippen LogP contribution in [0.15, 0.2) is 15.8 Å². The highest BCUT2D eigenvalue weighted by Gasteiger charge is 2.11. The molecule has 0 unspecified atom stereocenters. The maximum absolute atomic E-state index is 11.0. The van der Waals surface area contributed by atoms with Gasteiger partial charge in [-0.25, -0.2) is 9.59 Å². The van der Waals surface area contributed by atoms with E-state index in [9.17, 15) is 19.2 Å². The molecule has 3 amide bonds. The van der Waals surface area contributed by atoms with Crippen LogP contribution in [0.25, 0.3) is 0 Å². The molecule has 0 aliphatic rings. The molecule has 1 aromatic rings. The van der Waals surface area contributed by atoms with Crippen molar-refractivity contribution in [2.45, 2.75) is 0 Å². The number of urea groups is 1. The summed E-state index contributed by atoms with van der Waals surface area (Å²) in [4.78, 5) is 46.7. The first-order valence-corrected chi connectivity index (χ1v) is 3.43. The molecule has 0 aliphatic carbocycles. The van der Waals surface area contributed by atoms with E-state index in [1.54, 1.807) is 5.32 Å². The third-order valence-corrected chi connectivity index (χ3v) is 1.30. The number of hydrogen-bond acceptors (Lipinski definition) is 4. The lowest BCUT2D eigenvalue weighted by Crippen LogP contribution is -2.39. The van der Waals surface area contributed by atoms with Gasteiger partial charge in [-0.3, -0.25) is 19.9 Å².